The number of rotatable bonds is 4. The number of alkyl halides is 4. The zero-order valence-electron chi connectivity index (χ0n) is 8.55. The number of nitrogens with zero attached hydrogens (tertiary/aromatic N) is 1. The van der Waals surface area contributed by atoms with Crippen LogP contribution in [-0.4, -0.2) is 24.7 Å². The van der Waals surface area contributed by atoms with Crippen molar-refractivity contribution >= 4 is 17.9 Å². The SMILES string of the molecule is COc1cnc(CCl)c(OC(F)(F)F)c1C=O. The standard InChI is InChI=1S/C9H7ClF3NO3/c1-16-7-3-14-6(2-10)8(5(7)4-15)17-9(11,12)13/h3-4H,2H2,1H3. The van der Waals surface area contributed by atoms with Crippen LogP contribution in [0.5, 0.6) is 11.5 Å². The van der Waals surface area contributed by atoms with E-state index in [1.807, 2.05) is 0 Å². The minimum absolute atomic E-state index is 0.117. The fourth-order valence-corrected chi connectivity index (χ4v) is 1.32. The Kier molecular flexibility index (Phi) is 4.17. The third-order valence-corrected chi connectivity index (χ3v) is 2.05. The number of carbonyl (C=O) groups excluding carboxylic acids is 1. The van der Waals surface area contributed by atoms with Crippen LogP contribution in [0.25, 0.3) is 0 Å². The van der Waals surface area contributed by atoms with Gasteiger partial charge >= 0.3 is 6.36 Å². The lowest BCUT2D eigenvalue weighted by Crippen LogP contribution is -2.19. The molecule has 0 saturated carbocycles. The van der Waals surface area contributed by atoms with Gasteiger partial charge in [-0.3, -0.25) is 9.78 Å². The summed E-state index contributed by atoms with van der Waals surface area (Å²) in [6, 6.07) is 0. The predicted molar refractivity (Wildman–Crippen MR) is 52.4 cm³/mol. The second-order valence-corrected chi connectivity index (χ2v) is 3.08. The van der Waals surface area contributed by atoms with Gasteiger partial charge in [0.1, 0.15) is 5.56 Å². The van der Waals surface area contributed by atoms with E-state index < -0.39 is 12.1 Å². The highest BCUT2D eigenvalue weighted by Gasteiger charge is 2.34. The molecular formula is C9H7ClF3NO3. The summed E-state index contributed by atoms with van der Waals surface area (Å²) in [4.78, 5) is 14.4. The van der Waals surface area contributed by atoms with E-state index in [2.05, 4.69) is 9.72 Å². The normalized spacial score (nSPS) is 11.1. The number of hydrogen-bond acceptors (Lipinski definition) is 4. The quantitative estimate of drug-likeness (QED) is 0.622. The highest BCUT2D eigenvalue weighted by molar-refractivity contribution is 6.17. The van der Waals surface area contributed by atoms with Gasteiger partial charge in [0.2, 0.25) is 0 Å². The molecule has 0 aliphatic rings. The molecule has 0 unspecified atom stereocenters. The number of aldehydes is 1. The number of hydrogen-bond donors (Lipinski definition) is 0. The lowest BCUT2D eigenvalue weighted by atomic mass is 10.2. The Morgan fingerprint density at radius 3 is 2.59 bits per heavy atom. The molecule has 1 aromatic heterocycles. The molecule has 94 valence electrons. The van der Waals surface area contributed by atoms with Gasteiger partial charge in [-0.25, -0.2) is 0 Å². The van der Waals surface area contributed by atoms with E-state index in [9.17, 15) is 18.0 Å². The monoisotopic (exact) mass is 269 g/mol. The lowest BCUT2D eigenvalue weighted by Gasteiger charge is -2.15. The van der Waals surface area contributed by atoms with Crippen LogP contribution in [0.2, 0.25) is 0 Å². The molecule has 0 aromatic carbocycles. The highest BCUT2D eigenvalue weighted by atomic mass is 35.5. The summed E-state index contributed by atoms with van der Waals surface area (Å²) in [7, 11) is 1.20. The van der Waals surface area contributed by atoms with Crippen LogP contribution < -0.4 is 9.47 Å². The fourth-order valence-electron chi connectivity index (χ4n) is 1.13. The molecule has 0 aliphatic heterocycles. The zero-order chi connectivity index (χ0) is 13.1. The van der Waals surface area contributed by atoms with Gasteiger partial charge in [-0.05, 0) is 0 Å². The number of aromatic nitrogens is 1. The van der Waals surface area contributed by atoms with Gasteiger partial charge in [-0.1, -0.05) is 0 Å². The molecule has 17 heavy (non-hydrogen) atoms. The van der Waals surface area contributed by atoms with Crippen molar-refractivity contribution in [2.24, 2.45) is 0 Å². The summed E-state index contributed by atoms with van der Waals surface area (Å²) in [5.41, 5.74) is -0.567. The molecule has 8 heteroatoms. The van der Waals surface area contributed by atoms with Crippen LogP contribution in [0.4, 0.5) is 13.2 Å². The lowest BCUT2D eigenvalue weighted by molar-refractivity contribution is -0.275. The van der Waals surface area contributed by atoms with E-state index in [1.165, 1.54) is 7.11 Å². The van der Waals surface area contributed by atoms with Gasteiger partial charge in [-0.2, -0.15) is 0 Å². The largest absolute Gasteiger partial charge is 0.573 e. The fraction of sp³-hybridized carbons (Fsp3) is 0.333. The van der Waals surface area contributed by atoms with Crippen molar-refractivity contribution in [2.75, 3.05) is 7.11 Å². The number of carbonyl (C=O) groups is 1. The Morgan fingerprint density at radius 2 is 2.18 bits per heavy atom. The van der Waals surface area contributed by atoms with Crippen molar-refractivity contribution in [1.82, 2.24) is 4.98 Å². The maximum Gasteiger partial charge on any atom is 0.573 e. The maximum absolute atomic E-state index is 12.2. The summed E-state index contributed by atoms with van der Waals surface area (Å²) in [6.07, 6.45) is -3.64. The molecule has 0 spiro atoms. The van der Waals surface area contributed by atoms with Crippen molar-refractivity contribution in [3.05, 3.63) is 17.5 Å². The first-order chi connectivity index (χ1) is 7.92. The van der Waals surface area contributed by atoms with Crippen molar-refractivity contribution in [3.8, 4) is 11.5 Å². The molecule has 1 rings (SSSR count). The summed E-state index contributed by atoms with van der Waals surface area (Å²) >= 11 is 5.42. The van der Waals surface area contributed by atoms with Gasteiger partial charge in [0, 0.05) is 0 Å². The molecule has 0 bridgehead atoms. The zero-order valence-corrected chi connectivity index (χ0v) is 9.30. The Balaban J connectivity index is 3.35. The number of methoxy groups -OCH3 is 1. The maximum atomic E-state index is 12.2. The third kappa shape index (κ3) is 3.23. The van der Waals surface area contributed by atoms with E-state index in [4.69, 9.17) is 16.3 Å². The number of pyridine rings is 1. The topological polar surface area (TPSA) is 48.4 Å². The van der Waals surface area contributed by atoms with Crippen LogP contribution in [-0.2, 0) is 5.88 Å². The third-order valence-electron chi connectivity index (χ3n) is 1.79. The van der Waals surface area contributed by atoms with E-state index in [1.54, 1.807) is 0 Å². The average Bonchev–Trinajstić information content (AvgIpc) is 2.26. The molecule has 4 nitrogen and oxygen atoms in total. The van der Waals surface area contributed by atoms with Crippen LogP contribution in [0.1, 0.15) is 16.1 Å². The van der Waals surface area contributed by atoms with Crippen LogP contribution in [0.15, 0.2) is 6.20 Å². The van der Waals surface area contributed by atoms with Gasteiger partial charge in [-0.15, -0.1) is 24.8 Å². The molecule has 0 aliphatic carbocycles. The average molecular weight is 270 g/mol. The molecule has 1 heterocycles. The molecular weight excluding hydrogens is 263 g/mol. The molecule has 0 saturated heterocycles. The Hall–Kier alpha value is -1.50. The number of ether oxygens (including phenoxy) is 2. The summed E-state index contributed by atoms with van der Waals surface area (Å²) in [6.45, 7) is 0. The van der Waals surface area contributed by atoms with Crippen molar-refractivity contribution in [2.45, 2.75) is 12.2 Å². The van der Waals surface area contributed by atoms with Crippen LogP contribution in [0.3, 0.4) is 0 Å². The van der Waals surface area contributed by atoms with E-state index in [0.717, 1.165) is 6.20 Å². The van der Waals surface area contributed by atoms with Crippen molar-refractivity contribution in [1.29, 1.82) is 0 Å². The Morgan fingerprint density at radius 1 is 1.53 bits per heavy atom. The molecule has 0 amide bonds. The molecule has 1 aromatic rings. The molecule has 0 fully saturated rings. The van der Waals surface area contributed by atoms with Crippen molar-refractivity contribution in [3.63, 3.8) is 0 Å². The minimum Gasteiger partial charge on any atom is -0.494 e. The number of halogens is 4. The van der Waals surface area contributed by atoms with Gasteiger partial charge < -0.3 is 9.47 Å². The summed E-state index contributed by atoms with van der Waals surface area (Å²) in [5, 5.41) is 0. The Labute approximate surface area is 99.3 Å². The first kappa shape index (κ1) is 13.6. The van der Waals surface area contributed by atoms with E-state index >= 15 is 0 Å². The smallest absolute Gasteiger partial charge is 0.494 e. The first-order valence-electron chi connectivity index (χ1n) is 4.25. The second-order valence-electron chi connectivity index (χ2n) is 2.82. The van der Waals surface area contributed by atoms with E-state index in [-0.39, 0.29) is 29.2 Å². The molecule has 0 N–H and O–H groups in total. The summed E-state index contributed by atoms with van der Waals surface area (Å²) < 4.78 is 44.9. The van der Waals surface area contributed by atoms with Gasteiger partial charge in [0.05, 0.1) is 24.9 Å². The first-order valence-corrected chi connectivity index (χ1v) is 4.79. The summed E-state index contributed by atoms with van der Waals surface area (Å²) in [5.74, 6) is -1.18. The van der Waals surface area contributed by atoms with Crippen molar-refractivity contribution < 1.29 is 27.4 Å². The van der Waals surface area contributed by atoms with Gasteiger partial charge in [0.25, 0.3) is 0 Å². The molecule has 0 atom stereocenters. The molecule has 0 radical (unpaired) electrons. The predicted octanol–water partition coefficient (Wildman–Crippen LogP) is 2.54. The van der Waals surface area contributed by atoms with Crippen LogP contribution in [0, 0.1) is 0 Å². The minimum atomic E-state index is -4.94. The highest BCUT2D eigenvalue weighted by Crippen LogP contribution is 2.33. The van der Waals surface area contributed by atoms with Gasteiger partial charge in [0.15, 0.2) is 17.8 Å². The Bertz CT molecular complexity index is 423. The van der Waals surface area contributed by atoms with Crippen LogP contribution >= 0.6 is 11.6 Å². The van der Waals surface area contributed by atoms with E-state index in [0.29, 0.717) is 0 Å². The second kappa shape index (κ2) is 5.22.